The molecule has 2 heteroatoms. The van der Waals surface area contributed by atoms with Crippen LogP contribution in [-0.4, -0.2) is 12.8 Å². The van der Waals surface area contributed by atoms with Crippen LogP contribution in [0.5, 0.6) is 0 Å². The SMILES string of the molecule is Br[As](c1ccccc1)c1ccccc1. The summed E-state index contributed by atoms with van der Waals surface area (Å²) in [6.07, 6.45) is 0. The molecule has 0 aliphatic rings. The quantitative estimate of drug-likeness (QED) is 0.746. The van der Waals surface area contributed by atoms with Gasteiger partial charge < -0.3 is 0 Å². The fourth-order valence-electron chi connectivity index (χ4n) is 1.27. The number of hydrogen-bond acceptors (Lipinski definition) is 0. The van der Waals surface area contributed by atoms with E-state index in [0.717, 1.165) is 0 Å². The number of benzene rings is 2. The fraction of sp³-hybridized carbons (Fsp3) is 0. The standard InChI is InChI=1S/C12H10AsBr/c14-13(11-7-3-1-4-8-11)12-9-5-2-6-10-12/h1-10H. The summed E-state index contributed by atoms with van der Waals surface area (Å²) in [7, 11) is 0. The van der Waals surface area contributed by atoms with Crippen molar-refractivity contribution in [3.05, 3.63) is 60.7 Å². The van der Waals surface area contributed by atoms with Gasteiger partial charge in [0.05, 0.1) is 0 Å². The maximum atomic E-state index is 3.84. The van der Waals surface area contributed by atoms with Crippen molar-refractivity contribution in [3.8, 4) is 0 Å². The molecule has 0 bridgehead atoms. The zero-order chi connectivity index (χ0) is 9.80. The number of rotatable bonds is 2. The second-order valence-corrected chi connectivity index (χ2v) is 9.98. The second-order valence-electron chi connectivity index (χ2n) is 2.95. The molecule has 0 saturated carbocycles. The summed E-state index contributed by atoms with van der Waals surface area (Å²) in [5, 5.41) is 0. The summed E-state index contributed by atoms with van der Waals surface area (Å²) >= 11 is 2.66. The van der Waals surface area contributed by atoms with Gasteiger partial charge in [-0.1, -0.05) is 0 Å². The molecule has 0 heterocycles. The van der Waals surface area contributed by atoms with Crippen LogP contribution in [0.3, 0.4) is 0 Å². The molecule has 2 aromatic carbocycles. The summed E-state index contributed by atoms with van der Waals surface area (Å²) in [5.41, 5.74) is 0. The Hall–Kier alpha value is -0.522. The van der Waals surface area contributed by atoms with Crippen molar-refractivity contribution < 1.29 is 0 Å². The zero-order valence-corrected chi connectivity index (χ0v) is 11.1. The minimum absolute atomic E-state index is 1.18. The van der Waals surface area contributed by atoms with E-state index in [1.54, 1.807) is 0 Å². The Labute approximate surface area is 95.8 Å². The molecular formula is C12H10AsBr. The predicted molar refractivity (Wildman–Crippen MR) is 66.8 cm³/mol. The first-order chi connectivity index (χ1) is 6.88. The van der Waals surface area contributed by atoms with Crippen LogP contribution >= 0.6 is 13.9 Å². The molecular weight excluding hydrogens is 299 g/mol. The van der Waals surface area contributed by atoms with Gasteiger partial charge in [0.15, 0.2) is 0 Å². The van der Waals surface area contributed by atoms with Crippen LogP contribution in [0.1, 0.15) is 0 Å². The average Bonchev–Trinajstić information content (AvgIpc) is 2.30. The van der Waals surface area contributed by atoms with E-state index in [9.17, 15) is 0 Å². The van der Waals surface area contributed by atoms with E-state index < -0.39 is 12.8 Å². The van der Waals surface area contributed by atoms with Crippen molar-refractivity contribution >= 4 is 35.4 Å². The van der Waals surface area contributed by atoms with Crippen molar-refractivity contribution in [1.29, 1.82) is 0 Å². The second kappa shape index (κ2) is 4.81. The molecule has 2 aromatic rings. The van der Waals surface area contributed by atoms with Crippen molar-refractivity contribution in [2.24, 2.45) is 0 Å². The molecule has 14 heavy (non-hydrogen) atoms. The van der Waals surface area contributed by atoms with Crippen LogP contribution in [0.15, 0.2) is 60.7 Å². The normalized spacial score (nSPS) is 10.4. The molecule has 0 aliphatic heterocycles. The molecule has 0 nitrogen and oxygen atoms in total. The van der Waals surface area contributed by atoms with Gasteiger partial charge in [0.25, 0.3) is 0 Å². The molecule has 0 aliphatic carbocycles. The third-order valence-corrected chi connectivity index (χ3v) is 9.37. The Morgan fingerprint density at radius 2 is 1.00 bits per heavy atom. The first-order valence-electron chi connectivity index (χ1n) is 4.44. The van der Waals surface area contributed by atoms with E-state index in [4.69, 9.17) is 0 Å². The van der Waals surface area contributed by atoms with E-state index in [0.29, 0.717) is 0 Å². The van der Waals surface area contributed by atoms with Crippen molar-refractivity contribution in [3.63, 3.8) is 0 Å². The van der Waals surface area contributed by atoms with Crippen molar-refractivity contribution in [1.82, 2.24) is 0 Å². The van der Waals surface area contributed by atoms with Gasteiger partial charge in [-0.25, -0.2) is 0 Å². The average molecular weight is 309 g/mol. The van der Waals surface area contributed by atoms with Gasteiger partial charge in [0, 0.05) is 0 Å². The molecule has 0 atom stereocenters. The third kappa shape index (κ3) is 2.29. The van der Waals surface area contributed by atoms with Crippen molar-refractivity contribution in [2.75, 3.05) is 0 Å². The molecule has 2 rings (SSSR count). The van der Waals surface area contributed by atoms with Crippen LogP contribution in [0.25, 0.3) is 0 Å². The summed E-state index contributed by atoms with van der Waals surface area (Å²) in [6, 6.07) is 21.3. The van der Waals surface area contributed by atoms with Crippen molar-refractivity contribution in [2.45, 2.75) is 0 Å². The van der Waals surface area contributed by atoms with Gasteiger partial charge in [0.1, 0.15) is 0 Å². The van der Waals surface area contributed by atoms with Crippen LogP contribution in [0, 0.1) is 0 Å². The molecule has 0 aromatic heterocycles. The van der Waals surface area contributed by atoms with E-state index in [-0.39, 0.29) is 0 Å². The van der Waals surface area contributed by atoms with Gasteiger partial charge in [0.2, 0.25) is 0 Å². The Bertz CT molecular complexity index is 346. The topological polar surface area (TPSA) is 0 Å². The summed E-state index contributed by atoms with van der Waals surface area (Å²) in [5.74, 6) is 0. The Morgan fingerprint density at radius 1 is 0.643 bits per heavy atom. The van der Waals surface area contributed by atoms with Crippen LogP contribution in [-0.2, 0) is 0 Å². The van der Waals surface area contributed by atoms with Gasteiger partial charge in [-0.2, -0.15) is 0 Å². The molecule has 0 fully saturated rings. The molecule has 0 saturated heterocycles. The Kier molecular flexibility index (Phi) is 3.44. The van der Waals surface area contributed by atoms with E-state index >= 15 is 0 Å². The zero-order valence-electron chi connectivity index (χ0n) is 7.60. The van der Waals surface area contributed by atoms with E-state index in [1.165, 1.54) is 8.70 Å². The van der Waals surface area contributed by atoms with Crippen LogP contribution in [0.2, 0.25) is 0 Å². The van der Waals surface area contributed by atoms with Gasteiger partial charge >= 0.3 is 96.1 Å². The van der Waals surface area contributed by atoms with Gasteiger partial charge in [-0.05, 0) is 0 Å². The first-order valence-corrected chi connectivity index (χ1v) is 10.7. The van der Waals surface area contributed by atoms with E-state index in [1.807, 2.05) is 0 Å². The molecule has 0 unspecified atom stereocenters. The minimum atomic E-state index is -1.18. The number of hydrogen-bond donors (Lipinski definition) is 0. The first kappa shape index (κ1) is 10.0. The maximum absolute atomic E-state index is 3.84. The number of halogens is 1. The van der Waals surface area contributed by atoms with Gasteiger partial charge in [-0.15, -0.1) is 0 Å². The van der Waals surface area contributed by atoms with Crippen LogP contribution in [0.4, 0.5) is 0 Å². The van der Waals surface area contributed by atoms with Crippen LogP contribution < -0.4 is 8.70 Å². The Morgan fingerprint density at radius 3 is 1.36 bits per heavy atom. The summed E-state index contributed by atoms with van der Waals surface area (Å²) in [6.45, 7) is 0. The molecule has 0 spiro atoms. The molecule has 0 radical (unpaired) electrons. The predicted octanol–water partition coefficient (Wildman–Crippen LogP) is 2.19. The van der Waals surface area contributed by atoms with E-state index in [2.05, 4.69) is 74.6 Å². The fourth-order valence-corrected chi connectivity index (χ4v) is 6.17. The van der Waals surface area contributed by atoms with Gasteiger partial charge in [-0.3, -0.25) is 0 Å². The third-order valence-electron chi connectivity index (χ3n) is 1.97. The monoisotopic (exact) mass is 308 g/mol. The molecule has 0 N–H and O–H groups in total. The molecule has 0 amide bonds. The molecule has 70 valence electrons. The Balaban J connectivity index is 2.30. The summed E-state index contributed by atoms with van der Waals surface area (Å²) < 4.78 is 2.87. The summed E-state index contributed by atoms with van der Waals surface area (Å²) in [4.78, 5) is 0.